The molecule has 0 bridgehead atoms. The van der Waals surface area contributed by atoms with Gasteiger partial charge in [0.1, 0.15) is 5.84 Å². The van der Waals surface area contributed by atoms with Gasteiger partial charge in [-0.3, -0.25) is 4.90 Å². The van der Waals surface area contributed by atoms with Gasteiger partial charge in [-0.25, -0.2) is 4.79 Å². The summed E-state index contributed by atoms with van der Waals surface area (Å²) in [5.74, 6) is 0.308. The van der Waals surface area contributed by atoms with E-state index in [9.17, 15) is 13.2 Å². The van der Waals surface area contributed by atoms with Crippen LogP contribution in [-0.2, 0) is 10.0 Å². The van der Waals surface area contributed by atoms with E-state index in [4.69, 9.17) is 0 Å². The summed E-state index contributed by atoms with van der Waals surface area (Å²) in [5.41, 5.74) is 0.984. The Morgan fingerprint density at radius 2 is 1.78 bits per heavy atom. The molecule has 1 saturated heterocycles. The maximum atomic E-state index is 12.5. The number of amides is 2. The molecule has 1 N–H and O–H groups in total. The SMILES string of the molecule is Cc1ccc(S(=O)(=O)/N=C2/CNC(=O)N2C2CCCCC2)cc1. The van der Waals surface area contributed by atoms with E-state index in [0.29, 0.717) is 5.84 Å². The summed E-state index contributed by atoms with van der Waals surface area (Å²) in [6.07, 6.45) is 5.09. The number of hydrogen-bond acceptors (Lipinski definition) is 3. The van der Waals surface area contributed by atoms with E-state index in [0.717, 1.165) is 31.2 Å². The molecule has 1 aliphatic heterocycles. The first-order valence-electron chi connectivity index (χ1n) is 7.95. The minimum atomic E-state index is -3.80. The lowest BCUT2D eigenvalue weighted by molar-refractivity contribution is 0.205. The standard InChI is InChI=1S/C16H21N3O3S/c1-12-7-9-14(10-8-12)23(21,22)18-15-11-17-16(20)19(15)13-5-3-2-4-6-13/h7-10,13H,2-6,11H2,1H3,(H,17,20)/b18-15-. The predicted molar refractivity (Wildman–Crippen MR) is 87.9 cm³/mol. The molecule has 0 unspecified atom stereocenters. The van der Waals surface area contributed by atoms with Gasteiger partial charge in [0.25, 0.3) is 10.0 Å². The van der Waals surface area contributed by atoms with Crippen molar-refractivity contribution in [1.29, 1.82) is 0 Å². The Balaban J connectivity index is 1.90. The van der Waals surface area contributed by atoms with Crippen LogP contribution in [0.25, 0.3) is 0 Å². The van der Waals surface area contributed by atoms with Gasteiger partial charge in [0, 0.05) is 6.04 Å². The lowest BCUT2D eigenvalue weighted by atomic mass is 9.94. The third kappa shape index (κ3) is 3.39. The van der Waals surface area contributed by atoms with E-state index in [2.05, 4.69) is 9.71 Å². The highest BCUT2D eigenvalue weighted by molar-refractivity contribution is 7.90. The van der Waals surface area contributed by atoms with Crippen molar-refractivity contribution in [2.45, 2.75) is 50.0 Å². The normalized spacial score (nSPS) is 21.7. The lowest BCUT2D eigenvalue weighted by Gasteiger charge is -2.29. The Labute approximate surface area is 136 Å². The van der Waals surface area contributed by atoms with Crippen molar-refractivity contribution in [3.05, 3.63) is 29.8 Å². The number of carbonyl (C=O) groups excluding carboxylic acids is 1. The molecule has 7 heteroatoms. The zero-order chi connectivity index (χ0) is 16.4. The molecule has 1 heterocycles. The molecule has 0 atom stereocenters. The lowest BCUT2D eigenvalue weighted by Crippen LogP contribution is -2.42. The quantitative estimate of drug-likeness (QED) is 0.921. The topological polar surface area (TPSA) is 78.8 Å². The van der Waals surface area contributed by atoms with Crippen LogP contribution in [0, 0.1) is 6.92 Å². The minimum absolute atomic E-state index is 0.0539. The molecule has 0 aromatic heterocycles. The van der Waals surface area contributed by atoms with Crippen molar-refractivity contribution in [2.24, 2.45) is 4.40 Å². The molecular formula is C16H21N3O3S. The number of rotatable bonds is 3. The number of amidine groups is 1. The van der Waals surface area contributed by atoms with Crippen LogP contribution in [0.3, 0.4) is 0 Å². The fourth-order valence-corrected chi connectivity index (χ4v) is 4.15. The number of hydrogen-bond donors (Lipinski definition) is 1. The number of nitrogens with zero attached hydrogens (tertiary/aromatic N) is 2. The Hall–Kier alpha value is -1.89. The summed E-state index contributed by atoms with van der Waals surface area (Å²) in [7, 11) is -3.80. The summed E-state index contributed by atoms with van der Waals surface area (Å²) in [5, 5.41) is 2.69. The van der Waals surface area contributed by atoms with E-state index in [1.165, 1.54) is 6.42 Å². The second-order valence-electron chi connectivity index (χ2n) is 6.12. The van der Waals surface area contributed by atoms with Crippen molar-refractivity contribution < 1.29 is 13.2 Å². The first kappa shape index (κ1) is 16.0. The summed E-state index contributed by atoms with van der Waals surface area (Å²) in [4.78, 5) is 13.8. The van der Waals surface area contributed by atoms with Gasteiger partial charge < -0.3 is 5.32 Å². The van der Waals surface area contributed by atoms with Gasteiger partial charge in [0.15, 0.2) is 0 Å². The van der Waals surface area contributed by atoms with E-state index in [1.54, 1.807) is 29.2 Å². The molecule has 2 aliphatic rings. The fourth-order valence-electron chi connectivity index (χ4n) is 3.14. The summed E-state index contributed by atoms with van der Waals surface area (Å²) in [6, 6.07) is 6.38. The molecule has 1 aromatic carbocycles. The van der Waals surface area contributed by atoms with Gasteiger partial charge in [-0.15, -0.1) is 4.40 Å². The monoisotopic (exact) mass is 335 g/mol. The van der Waals surface area contributed by atoms with Crippen molar-refractivity contribution in [1.82, 2.24) is 10.2 Å². The van der Waals surface area contributed by atoms with Gasteiger partial charge in [-0.2, -0.15) is 8.42 Å². The van der Waals surface area contributed by atoms with Crippen molar-refractivity contribution in [3.8, 4) is 0 Å². The fraction of sp³-hybridized carbons (Fsp3) is 0.500. The van der Waals surface area contributed by atoms with Gasteiger partial charge in [-0.1, -0.05) is 37.0 Å². The molecule has 23 heavy (non-hydrogen) atoms. The zero-order valence-electron chi connectivity index (χ0n) is 13.2. The predicted octanol–water partition coefficient (Wildman–Crippen LogP) is 2.44. The maximum Gasteiger partial charge on any atom is 0.323 e. The average Bonchev–Trinajstić information content (AvgIpc) is 2.88. The first-order chi connectivity index (χ1) is 11.0. The van der Waals surface area contributed by atoms with Gasteiger partial charge in [0.05, 0.1) is 11.4 Å². The minimum Gasteiger partial charge on any atom is -0.330 e. The highest BCUT2D eigenvalue weighted by atomic mass is 32.2. The molecule has 0 radical (unpaired) electrons. The van der Waals surface area contributed by atoms with Gasteiger partial charge in [0.2, 0.25) is 0 Å². The molecule has 1 aliphatic carbocycles. The summed E-state index contributed by atoms with van der Waals surface area (Å²) < 4.78 is 28.9. The molecule has 0 spiro atoms. The maximum absolute atomic E-state index is 12.5. The number of urea groups is 1. The van der Waals surface area contributed by atoms with Crippen LogP contribution < -0.4 is 5.32 Å². The number of nitrogens with one attached hydrogen (secondary N) is 1. The Morgan fingerprint density at radius 3 is 2.43 bits per heavy atom. The molecular weight excluding hydrogens is 314 g/mol. The number of sulfonamides is 1. The first-order valence-corrected chi connectivity index (χ1v) is 9.39. The molecule has 124 valence electrons. The largest absolute Gasteiger partial charge is 0.330 e. The van der Waals surface area contributed by atoms with Crippen LogP contribution in [0.1, 0.15) is 37.7 Å². The molecule has 1 saturated carbocycles. The molecule has 6 nitrogen and oxygen atoms in total. The Kier molecular flexibility index (Phi) is 4.39. The Morgan fingerprint density at radius 1 is 1.13 bits per heavy atom. The van der Waals surface area contributed by atoms with Crippen molar-refractivity contribution >= 4 is 21.9 Å². The molecule has 3 rings (SSSR count). The molecule has 2 fully saturated rings. The number of carbonyl (C=O) groups is 1. The highest BCUT2D eigenvalue weighted by Gasteiger charge is 2.35. The Bertz CT molecular complexity index is 719. The zero-order valence-corrected chi connectivity index (χ0v) is 14.0. The van der Waals surface area contributed by atoms with Crippen LogP contribution in [0.2, 0.25) is 0 Å². The summed E-state index contributed by atoms with van der Waals surface area (Å²) in [6.45, 7) is 2.06. The smallest absolute Gasteiger partial charge is 0.323 e. The van der Waals surface area contributed by atoms with Gasteiger partial charge in [-0.05, 0) is 31.9 Å². The second kappa shape index (κ2) is 6.31. The number of benzene rings is 1. The molecule has 1 aromatic rings. The van der Waals surface area contributed by atoms with Crippen LogP contribution in [0.15, 0.2) is 33.6 Å². The van der Waals surface area contributed by atoms with E-state index >= 15 is 0 Å². The number of aryl methyl sites for hydroxylation is 1. The van der Waals surface area contributed by atoms with E-state index in [1.807, 2.05) is 6.92 Å². The van der Waals surface area contributed by atoms with E-state index in [-0.39, 0.29) is 23.5 Å². The van der Waals surface area contributed by atoms with Gasteiger partial charge >= 0.3 is 6.03 Å². The molecule has 2 amide bonds. The highest BCUT2D eigenvalue weighted by Crippen LogP contribution is 2.25. The second-order valence-corrected chi connectivity index (χ2v) is 7.72. The third-order valence-corrected chi connectivity index (χ3v) is 5.70. The summed E-state index contributed by atoms with van der Waals surface area (Å²) >= 11 is 0. The van der Waals surface area contributed by atoms with Crippen molar-refractivity contribution in [3.63, 3.8) is 0 Å². The van der Waals surface area contributed by atoms with Crippen LogP contribution >= 0.6 is 0 Å². The van der Waals surface area contributed by atoms with Crippen LogP contribution in [0.5, 0.6) is 0 Å². The van der Waals surface area contributed by atoms with Crippen LogP contribution in [0.4, 0.5) is 4.79 Å². The average molecular weight is 335 g/mol. The van der Waals surface area contributed by atoms with E-state index < -0.39 is 10.0 Å². The van der Waals surface area contributed by atoms with Crippen molar-refractivity contribution in [2.75, 3.05) is 6.54 Å². The third-order valence-electron chi connectivity index (χ3n) is 4.38. The van der Waals surface area contributed by atoms with Crippen LogP contribution in [-0.4, -0.2) is 37.8 Å².